The molecular formula is C16H32N2OS. The first-order valence-electron chi connectivity index (χ1n) is 8.07. The van der Waals surface area contributed by atoms with Gasteiger partial charge in [0.15, 0.2) is 0 Å². The van der Waals surface area contributed by atoms with Crippen molar-refractivity contribution in [3.05, 3.63) is 0 Å². The van der Waals surface area contributed by atoms with Crippen LogP contribution in [0.25, 0.3) is 0 Å². The first-order valence-corrected chi connectivity index (χ1v) is 8.48. The number of hydrogen-bond acceptors (Lipinski definition) is 2. The Morgan fingerprint density at radius 1 is 1.05 bits per heavy atom. The van der Waals surface area contributed by atoms with E-state index in [2.05, 4.69) is 12.2 Å². The summed E-state index contributed by atoms with van der Waals surface area (Å²) in [5, 5.41) is 2.95. The fourth-order valence-corrected chi connectivity index (χ4v) is 2.72. The highest BCUT2D eigenvalue weighted by molar-refractivity contribution is 7.80. The van der Waals surface area contributed by atoms with Crippen molar-refractivity contribution < 1.29 is 4.79 Å². The first kappa shape index (κ1) is 19.4. The van der Waals surface area contributed by atoms with Crippen molar-refractivity contribution in [2.75, 3.05) is 6.54 Å². The molecule has 0 aliphatic rings. The molecule has 0 aliphatic carbocycles. The molecule has 3 nitrogen and oxygen atoms in total. The van der Waals surface area contributed by atoms with Crippen molar-refractivity contribution >= 4 is 23.1 Å². The lowest BCUT2D eigenvalue weighted by Gasteiger charge is -2.18. The largest absolute Gasteiger partial charge is 0.393 e. The van der Waals surface area contributed by atoms with Crippen LogP contribution in [0.4, 0.5) is 0 Å². The van der Waals surface area contributed by atoms with Gasteiger partial charge in [0.25, 0.3) is 0 Å². The van der Waals surface area contributed by atoms with Crippen LogP contribution in [-0.2, 0) is 4.79 Å². The third kappa shape index (κ3) is 9.29. The van der Waals surface area contributed by atoms with Crippen LogP contribution >= 0.6 is 12.2 Å². The maximum atomic E-state index is 12.0. The summed E-state index contributed by atoms with van der Waals surface area (Å²) in [6.45, 7) is 6.92. The van der Waals surface area contributed by atoms with Gasteiger partial charge < -0.3 is 11.1 Å². The molecule has 0 aliphatic heterocycles. The monoisotopic (exact) mass is 300 g/mol. The minimum absolute atomic E-state index is 0.0181. The second-order valence-electron chi connectivity index (χ2n) is 5.89. The van der Waals surface area contributed by atoms with Gasteiger partial charge in [-0.05, 0) is 12.3 Å². The summed E-state index contributed by atoms with van der Waals surface area (Å²) < 4.78 is 0. The number of carbonyl (C=O) groups excluding carboxylic acids is 1. The predicted molar refractivity (Wildman–Crippen MR) is 90.7 cm³/mol. The first-order chi connectivity index (χ1) is 9.50. The van der Waals surface area contributed by atoms with E-state index >= 15 is 0 Å². The van der Waals surface area contributed by atoms with E-state index in [0.717, 1.165) is 13.0 Å². The van der Waals surface area contributed by atoms with E-state index < -0.39 is 0 Å². The number of thiocarbonyl (C=S) groups is 1. The Morgan fingerprint density at radius 3 is 2.00 bits per heavy atom. The highest BCUT2D eigenvalue weighted by atomic mass is 32.1. The average Bonchev–Trinajstić information content (AvgIpc) is 2.36. The van der Waals surface area contributed by atoms with Crippen LogP contribution in [-0.4, -0.2) is 17.4 Å². The number of nitrogens with one attached hydrogen (secondary N) is 1. The molecule has 0 aromatic heterocycles. The SMILES string of the molecule is CCCCCCCCCCNC(=O)C(C(N)=S)C(C)C. The van der Waals surface area contributed by atoms with Gasteiger partial charge in [-0.1, -0.05) is 77.9 Å². The summed E-state index contributed by atoms with van der Waals surface area (Å²) in [7, 11) is 0. The summed E-state index contributed by atoms with van der Waals surface area (Å²) >= 11 is 4.96. The lowest BCUT2D eigenvalue weighted by molar-refractivity contribution is -0.123. The molecule has 3 N–H and O–H groups in total. The molecule has 0 fully saturated rings. The third-order valence-electron chi connectivity index (χ3n) is 3.59. The second kappa shape index (κ2) is 12.1. The number of nitrogens with two attached hydrogens (primary N) is 1. The van der Waals surface area contributed by atoms with Crippen LogP contribution in [0.2, 0.25) is 0 Å². The molecule has 20 heavy (non-hydrogen) atoms. The van der Waals surface area contributed by atoms with Gasteiger partial charge in [-0.3, -0.25) is 4.79 Å². The van der Waals surface area contributed by atoms with Crippen LogP contribution < -0.4 is 11.1 Å². The topological polar surface area (TPSA) is 55.1 Å². The normalized spacial score (nSPS) is 12.4. The Balaban J connectivity index is 3.59. The maximum Gasteiger partial charge on any atom is 0.230 e. The molecule has 4 heteroatoms. The lowest BCUT2D eigenvalue weighted by atomic mass is 9.95. The van der Waals surface area contributed by atoms with E-state index in [0.29, 0.717) is 4.99 Å². The van der Waals surface area contributed by atoms with E-state index in [9.17, 15) is 4.79 Å². The number of amides is 1. The number of carbonyl (C=O) groups is 1. The molecule has 0 saturated carbocycles. The Morgan fingerprint density at radius 2 is 1.55 bits per heavy atom. The van der Waals surface area contributed by atoms with Crippen molar-refractivity contribution in [1.82, 2.24) is 5.32 Å². The number of hydrogen-bond donors (Lipinski definition) is 2. The molecule has 0 saturated heterocycles. The number of rotatable bonds is 12. The highest BCUT2D eigenvalue weighted by Crippen LogP contribution is 2.12. The second-order valence-corrected chi connectivity index (χ2v) is 6.36. The molecule has 0 bridgehead atoms. The predicted octanol–water partition coefficient (Wildman–Crippen LogP) is 3.80. The molecular weight excluding hydrogens is 268 g/mol. The van der Waals surface area contributed by atoms with Crippen molar-refractivity contribution in [3.63, 3.8) is 0 Å². The fraction of sp³-hybridized carbons (Fsp3) is 0.875. The Kier molecular flexibility index (Phi) is 11.7. The number of unbranched alkanes of at least 4 members (excludes halogenated alkanes) is 7. The van der Waals surface area contributed by atoms with Crippen LogP contribution in [0.1, 0.15) is 72.1 Å². The molecule has 0 heterocycles. The lowest BCUT2D eigenvalue weighted by Crippen LogP contribution is -2.41. The zero-order valence-corrected chi connectivity index (χ0v) is 14.2. The Labute approximate surface area is 130 Å². The standard InChI is InChI=1S/C16H32N2OS/c1-4-5-6-7-8-9-10-11-12-18-16(19)14(13(2)3)15(17)20/h13-14H,4-12H2,1-3H3,(H2,17,20)(H,18,19). The van der Waals surface area contributed by atoms with E-state index in [1.807, 2.05) is 13.8 Å². The zero-order valence-electron chi connectivity index (χ0n) is 13.4. The molecule has 1 unspecified atom stereocenters. The zero-order chi connectivity index (χ0) is 15.4. The van der Waals surface area contributed by atoms with Crippen LogP contribution in [0, 0.1) is 11.8 Å². The molecule has 0 spiro atoms. The van der Waals surface area contributed by atoms with Crippen molar-refractivity contribution in [3.8, 4) is 0 Å². The smallest absolute Gasteiger partial charge is 0.230 e. The maximum absolute atomic E-state index is 12.0. The molecule has 118 valence electrons. The van der Waals surface area contributed by atoms with E-state index in [1.165, 1.54) is 44.9 Å². The molecule has 1 amide bonds. The summed E-state index contributed by atoms with van der Waals surface area (Å²) in [6.07, 6.45) is 10.2. The van der Waals surface area contributed by atoms with Gasteiger partial charge in [0.2, 0.25) is 5.91 Å². The fourth-order valence-electron chi connectivity index (χ4n) is 2.34. The van der Waals surface area contributed by atoms with Crippen molar-refractivity contribution in [1.29, 1.82) is 0 Å². The summed E-state index contributed by atoms with van der Waals surface area (Å²) in [4.78, 5) is 12.3. The van der Waals surface area contributed by atoms with Gasteiger partial charge in [-0.15, -0.1) is 0 Å². The van der Waals surface area contributed by atoms with E-state index in [1.54, 1.807) is 0 Å². The molecule has 1 atom stereocenters. The van der Waals surface area contributed by atoms with Crippen LogP contribution in [0.15, 0.2) is 0 Å². The summed E-state index contributed by atoms with van der Waals surface area (Å²) in [6, 6.07) is 0. The Bertz CT molecular complexity index is 280. The summed E-state index contributed by atoms with van der Waals surface area (Å²) in [5.74, 6) is -0.194. The van der Waals surface area contributed by atoms with Gasteiger partial charge in [0.05, 0.1) is 10.9 Å². The summed E-state index contributed by atoms with van der Waals surface area (Å²) in [5.41, 5.74) is 5.62. The third-order valence-corrected chi connectivity index (χ3v) is 3.84. The van der Waals surface area contributed by atoms with Gasteiger partial charge >= 0.3 is 0 Å². The highest BCUT2D eigenvalue weighted by Gasteiger charge is 2.24. The quantitative estimate of drug-likeness (QED) is 0.426. The van der Waals surface area contributed by atoms with Gasteiger partial charge in [-0.2, -0.15) is 0 Å². The van der Waals surface area contributed by atoms with Gasteiger partial charge in [-0.25, -0.2) is 0 Å². The van der Waals surface area contributed by atoms with Crippen molar-refractivity contribution in [2.45, 2.75) is 72.1 Å². The van der Waals surface area contributed by atoms with E-state index in [4.69, 9.17) is 18.0 Å². The van der Waals surface area contributed by atoms with E-state index in [-0.39, 0.29) is 17.7 Å². The van der Waals surface area contributed by atoms with Gasteiger partial charge in [0, 0.05) is 6.54 Å². The molecule has 0 rings (SSSR count). The molecule has 0 aromatic rings. The average molecular weight is 301 g/mol. The molecule has 0 radical (unpaired) electrons. The minimum Gasteiger partial charge on any atom is -0.393 e. The van der Waals surface area contributed by atoms with Crippen LogP contribution in [0.3, 0.4) is 0 Å². The van der Waals surface area contributed by atoms with Gasteiger partial charge in [0.1, 0.15) is 0 Å². The van der Waals surface area contributed by atoms with Crippen molar-refractivity contribution in [2.24, 2.45) is 17.6 Å². The molecule has 0 aromatic carbocycles. The van der Waals surface area contributed by atoms with Crippen LogP contribution in [0.5, 0.6) is 0 Å². The minimum atomic E-state index is -0.334. The Hall–Kier alpha value is -0.640.